The van der Waals surface area contributed by atoms with Gasteiger partial charge in [-0.3, -0.25) is 4.98 Å². The summed E-state index contributed by atoms with van der Waals surface area (Å²) in [7, 11) is 0. The maximum atomic E-state index is 5.69. The van der Waals surface area contributed by atoms with E-state index in [1.54, 1.807) is 0 Å². The second-order valence-electron chi connectivity index (χ2n) is 4.26. The summed E-state index contributed by atoms with van der Waals surface area (Å²) in [6.45, 7) is 0.799. The van der Waals surface area contributed by atoms with E-state index >= 15 is 0 Å². The first-order valence-electron chi connectivity index (χ1n) is 5.44. The van der Waals surface area contributed by atoms with Crippen LogP contribution in [0.3, 0.4) is 0 Å². The van der Waals surface area contributed by atoms with Gasteiger partial charge in [0.2, 0.25) is 0 Å². The Kier molecular flexibility index (Phi) is 1.96. The van der Waals surface area contributed by atoms with Crippen LogP contribution in [-0.4, -0.2) is 11.5 Å². The molecule has 2 heteroatoms. The molecule has 1 aliphatic rings. The predicted octanol–water partition coefficient (Wildman–Crippen LogP) is 2.30. The molecule has 0 spiro atoms. The molecule has 1 fully saturated rings. The van der Waals surface area contributed by atoms with E-state index in [1.807, 2.05) is 12.3 Å². The smallest absolute Gasteiger partial charge is 0.0736 e. The van der Waals surface area contributed by atoms with Crippen molar-refractivity contribution in [3.8, 4) is 0 Å². The van der Waals surface area contributed by atoms with E-state index < -0.39 is 0 Å². The normalized spacial score (nSPS) is 24.3. The van der Waals surface area contributed by atoms with Crippen molar-refractivity contribution in [3.63, 3.8) is 0 Å². The molecule has 1 aromatic heterocycles. The van der Waals surface area contributed by atoms with Crippen LogP contribution in [0.15, 0.2) is 36.5 Å². The zero-order valence-corrected chi connectivity index (χ0v) is 8.56. The summed E-state index contributed by atoms with van der Waals surface area (Å²) in [5.41, 5.74) is 8.22. The molecule has 15 heavy (non-hydrogen) atoms. The topological polar surface area (TPSA) is 38.9 Å². The van der Waals surface area contributed by atoms with Gasteiger partial charge in [0.15, 0.2) is 0 Å². The molecule has 3 rings (SSSR count). The molecule has 0 radical (unpaired) electrons. The fraction of sp³-hybridized carbons (Fsp3) is 0.308. The highest BCUT2D eigenvalue weighted by atomic mass is 14.7. The number of rotatable bonds is 2. The van der Waals surface area contributed by atoms with Gasteiger partial charge < -0.3 is 5.73 Å². The molecule has 2 aromatic rings. The Balaban J connectivity index is 2.11. The molecule has 2 N–H and O–H groups in total. The second-order valence-corrected chi connectivity index (χ2v) is 4.26. The van der Waals surface area contributed by atoms with Crippen LogP contribution in [0.2, 0.25) is 0 Å². The van der Waals surface area contributed by atoms with Crippen molar-refractivity contribution in [3.05, 3.63) is 42.1 Å². The largest absolute Gasteiger partial charge is 0.330 e. The second kappa shape index (κ2) is 3.31. The molecule has 0 bridgehead atoms. The minimum Gasteiger partial charge on any atom is -0.330 e. The minimum atomic E-state index is 0.647. The Morgan fingerprint density at radius 1 is 1.27 bits per heavy atom. The van der Waals surface area contributed by atoms with E-state index in [0.717, 1.165) is 12.1 Å². The first kappa shape index (κ1) is 8.86. The number of nitrogens with two attached hydrogens (primary N) is 1. The molecule has 0 amide bonds. The molecule has 2 atom stereocenters. The molecule has 76 valence electrons. The highest BCUT2D eigenvalue weighted by molar-refractivity contribution is 5.82. The van der Waals surface area contributed by atoms with E-state index in [9.17, 15) is 0 Å². The standard InChI is InChI=1S/C13H14N2/c14-8-10-7-12(10)11-5-1-3-9-4-2-6-15-13(9)11/h1-6,10,12H,7-8,14H2. The number of fused-ring (bicyclic) bond motifs is 1. The molecule has 2 nitrogen and oxygen atoms in total. The van der Waals surface area contributed by atoms with Gasteiger partial charge >= 0.3 is 0 Å². The lowest BCUT2D eigenvalue weighted by Crippen LogP contribution is -2.02. The van der Waals surface area contributed by atoms with E-state index in [4.69, 9.17) is 5.73 Å². The van der Waals surface area contributed by atoms with E-state index in [-0.39, 0.29) is 0 Å². The summed E-state index contributed by atoms with van der Waals surface area (Å²) >= 11 is 0. The minimum absolute atomic E-state index is 0.647. The quantitative estimate of drug-likeness (QED) is 0.804. The SMILES string of the molecule is NCC1CC1c1cccc2cccnc12. The summed E-state index contributed by atoms with van der Waals surface area (Å²) < 4.78 is 0. The van der Waals surface area contributed by atoms with Crippen molar-refractivity contribution in [1.82, 2.24) is 4.98 Å². The Bertz CT molecular complexity index is 487. The van der Waals surface area contributed by atoms with Crippen LogP contribution in [0.1, 0.15) is 17.9 Å². The van der Waals surface area contributed by atoms with Crippen molar-refractivity contribution < 1.29 is 0 Å². The third-order valence-electron chi connectivity index (χ3n) is 3.29. The van der Waals surface area contributed by atoms with Crippen LogP contribution in [-0.2, 0) is 0 Å². The maximum Gasteiger partial charge on any atom is 0.0736 e. The monoisotopic (exact) mass is 198 g/mol. The average molecular weight is 198 g/mol. The fourth-order valence-electron chi connectivity index (χ4n) is 2.32. The first-order chi connectivity index (χ1) is 7.40. The fourth-order valence-corrected chi connectivity index (χ4v) is 2.32. The lowest BCUT2D eigenvalue weighted by Gasteiger charge is -2.04. The number of nitrogens with zero attached hydrogens (tertiary/aromatic N) is 1. The number of hydrogen-bond donors (Lipinski definition) is 1. The number of benzene rings is 1. The third-order valence-corrected chi connectivity index (χ3v) is 3.29. The average Bonchev–Trinajstić information content (AvgIpc) is 3.07. The first-order valence-corrected chi connectivity index (χ1v) is 5.44. The molecule has 1 heterocycles. The van der Waals surface area contributed by atoms with Gasteiger partial charge in [-0.05, 0) is 36.4 Å². The van der Waals surface area contributed by atoms with Gasteiger partial charge in [0.05, 0.1) is 5.52 Å². The highest BCUT2D eigenvalue weighted by Gasteiger charge is 2.37. The number of pyridine rings is 1. The zero-order chi connectivity index (χ0) is 10.3. The van der Waals surface area contributed by atoms with Crippen LogP contribution < -0.4 is 5.73 Å². The van der Waals surface area contributed by atoms with Crippen LogP contribution in [0.25, 0.3) is 10.9 Å². The highest BCUT2D eigenvalue weighted by Crippen LogP contribution is 2.48. The summed E-state index contributed by atoms with van der Waals surface area (Å²) in [5.74, 6) is 1.33. The summed E-state index contributed by atoms with van der Waals surface area (Å²) in [4.78, 5) is 4.47. The van der Waals surface area contributed by atoms with Crippen molar-refractivity contribution in [2.75, 3.05) is 6.54 Å². The molecular weight excluding hydrogens is 184 g/mol. The van der Waals surface area contributed by atoms with Gasteiger partial charge in [-0.15, -0.1) is 0 Å². The Hall–Kier alpha value is -1.41. The molecule has 1 aliphatic carbocycles. The Morgan fingerprint density at radius 2 is 2.13 bits per heavy atom. The van der Waals surface area contributed by atoms with Gasteiger partial charge in [-0.1, -0.05) is 24.3 Å². The van der Waals surface area contributed by atoms with E-state index in [2.05, 4.69) is 29.2 Å². The molecule has 0 aliphatic heterocycles. The maximum absolute atomic E-state index is 5.69. The number of hydrogen-bond acceptors (Lipinski definition) is 2. The van der Waals surface area contributed by atoms with Crippen molar-refractivity contribution in [2.24, 2.45) is 11.7 Å². The lowest BCUT2D eigenvalue weighted by molar-refractivity contribution is 0.811. The predicted molar refractivity (Wildman–Crippen MR) is 61.6 cm³/mol. The van der Waals surface area contributed by atoms with E-state index in [1.165, 1.54) is 17.4 Å². The molecule has 0 saturated heterocycles. The van der Waals surface area contributed by atoms with Gasteiger partial charge in [0.1, 0.15) is 0 Å². The van der Waals surface area contributed by atoms with Gasteiger partial charge in [0.25, 0.3) is 0 Å². The van der Waals surface area contributed by atoms with Gasteiger partial charge in [-0.25, -0.2) is 0 Å². The van der Waals surface area contributed by atoms with Gasteiger partial charge in [0, 0.05) is 11.6 Å². The van der Waals surface area contributed by atoms with Crippen molar-refractivity contribution in [1.29, 1.82) is 0 Å². The molecule has 1 saturated carbocycles. The molecule has 1 aromatic carbocycles. The molecular formula is C13H14N2. The summed E-state index contributed by atoms with van der Waals surface area (Å²) in [6, 6.07) is 10.5. The number of aromatic nitrogens is 1. The zero-order valence-electron chi connectivity index (χ0n) is 8.56. The summed E-state index contributed by atoms with van der Waals surface area (Å²) in [6.07, 6.45) is 3.10. The Morgan fingerprint density at radius 3 is 2.93 bits per heavy atom. The van der Waals surface area contributed by atoms with Crippen molar-refractivity contribution in [2.45, 2.75) is 12.3 Å². The van der Waals surface area contributed by atoms with E-state index in [0.29, 0.717) is 11.8 Å². The van der Waals surface area contributed by atoms with Crippen LogP contribution >= 0.6 is 0 Å². The number of para-hydroxylation sites is 1. The molecule has 2 unspecified atom stereocenters. The van der Waals surface area contributed by atoms with Crippen LogP contribution in [0, 0.1) is 5.92 Å². The third kappa shape index (κ3) is 1.41. The van der Waals surface area contributed by atoms with Gasteiger partial charge in [-0.2, -0.15) is 0 Å². The Labute approximate surface area is 89.1 Å². The lowest BCUT2D eigenvalue weighted by atomic mass is 10.0. The summed E-state index contributed by atoms with van der Waals surface area (Å²) in [5, 5.41) is 1.23. The van der Waals surface area contributed by atoms with Crippen LogP contribution in [0.4, 0.5) is 0 Å². The van der Waals surface area contributed by atoms with Crippen molar-refractivity contribution >= 4 is 10.9 Å². The van der Waals surface area contributed by atoms with Crippen LogP contribution in [0.5, 0.6) is 0 Å².